The summed E-state index contributed by atoms with van der Waals surface area (Å²) in [7, 11) is 0. The van der Waals surface area contributed by atoms with Crippen LogP contribution in [0.1, 0.15) is 49.6 Å². The standard InChI is InChI=1S/C13H23N5O2/c1-9(7-10(2)19)15-13(20)12-8-18(17-16-12)11-3-5-14-6-4-11/h8-11,14,19H,3-7H2,1-2H3,(H,15,20). The van der Waals surface area contributed by atoms with Gasteiger partial charge < -0.3 is 15.7 Å². The van der Waals surface area contributed by atoms with Gasteiger partial charge in [-0.25, -0.2) is 4.68 Å². The van der Waals surface area contributed by atoms with Gasteiger partial charge in [0.25, 0.3) is 5.91 Å². The summed E-state index contributed by atoms with van der Waals surface area (Å²) in [5.74, 6) is -0.238. The lowest BCUT2D eigenvalue weighted by atomic mass is 10.1. The Balaban J connectivity index is 1.92. The van der Waals surface area contributed by atoms with Gasteiger partial charge in [-0.15, -0.1) is 5.10 Å². The third-order valence-electron chi connectivity index (χ3n) is 3.50. The molecule has 0 aromatic carbocycles. The minimum atomic E-state index is -0.435. The third-order valence-corrected chi connectivity index (χ3v) is 3.50. The summed E-state index contributed by atoms with van der Waals surface area (Å²) >= 11 is 0. The first-order valence-electron chi connectivity index (χ1n) is 7.17. The fourth-order valence-electron chi connectivity index (χ4n) is 2.50. The summed E-state index contributed by atoms with van der Waals surface area (Å²) in [5.41, 5.74) is 0.334. The van der Waals surface area contributed by atoms with Crippen LogP contribution in [0, 0.1) is 0 Å². The second kappa shape index (κ2) is 6.81. The lowest BCUT2D eigenvalue weighted by Gasteiger charge is -2.22. The zero-order valence-electron chi connectivity index (χ0n) is 12.0. The molecule has 0 saturated carbocycles. The molecule has 112 valence electrons. The van der Waals surface area contributed by atoms with Gasteiger partial charge in [-0.1, -0.05) is 5.21 Å². The second-order valence-corrected chi connectivity index (χ2v) is 5.52. The smallest absolute Gasteiger partial charge is 0.273 e. The summed E-state index contributed by atoms with van der Waals surface area (Å²) in [6.07, 6.45) is 3.80. The van der Waals surface area contributed by atoms with Crippen LogP contribution in [0.5, 0.6) is 0 Å². The monoisotopic (exact) mass is 281 g/mol. The number of amides is 1. The van der Waals surface area contributed by atoms with Gasteiger partial charge in [-0.05, 0) is 46.2 Å². The molecule has 1 aliphatic rings. The van der Waals surface area contributed by atoms with Crippen molar-refractivity contribution in [3.05, 3.63) is 11.9 Å². The molecule has 1 fully saturated rings. The van der Waals surface area contributed by atoms with Crippen LogP contribution in [0.3, 0.4) is 0 Å². The van der Waals surface area contributed by atoms with Crippen LogP contribution in [0.25, 0.3) is 0 Å². The van der Waals surface area contributed by atoms with E-state index in [9.17, 15) is 9.90 Å². The van der Waals surface area contributed by atoms with Crippen molar-refractivity contribution in [2.75, 3.05) is 13.1 Å². The van der Waals surface area contributed by atoms with Crippen molar-refractivity contribution in [2.45, 2.75) is 51.3 Å². The molecule has 1 amide bonds. The zero-order valence-corrected chi connectivity index (χ0v) is 12.0. The number of rotatable bonds is 5. The predicted molar refractivity (Wildman–Crippen MR) is 74.4 cm³/mol. The van der Waals surface area contributed by atoms with E-state index in [4.69, 9.17) is 0 Å². The molecule has 0 aliphatic carbocycles. The summed E-state index contributed by atoms with van der Waals surface area (Å²) in [5, 5.41) is 23.4. The average Bonchev–Trinajstić information content (AvgIpc) is 2.88. The zero-order chi connectivity index (χ0) is 14.5. The minimum absolute atomic E-state index is 0.0912. The number of hydrogen-bond acceptors (Lipinski definition) is 5. The molecule has 7 heteroatoms. The Morgan fingerprint density at radius 2 is 2.25 bits per heavy atom. The van der Waals surface area contributed by atoms with Gasteiger partial charge in [0.15, 0.2) is 5.69 Å². The number of carbonyl (C=O) groups excluding carboxylic acids is 1. The third kappa shape index (κ3) is 4.01. The van der Waals surface area contributed by atoms with Crippen molar-refractivity contribution in [3.8, 4) is 0 Å². The molecule has 2 rings (SSSR count). The molecule has 0 spiro atoms. The molecule has 1 aromatic rings. The van der Waals surface area contributed by atoms with Crippen molar-refractivity contribution < 1.29 is 9.90 Å². The van der Waals surface area contributed by atoms with E-state index in [2.05, 4.69) is 20.9 Å². The lowest BCUT2D eigenvalue weighted by molar-refractivity contribution is 0.0918. The average molecular weight is 281 g/mol. The Morgan fingerprint density at radius 3 is 2.90 bits per heavy atom. The molecule has 7 nitrogen and oxygen atoms in total. The van der Waals surface area contributed by atoms with Crippen LogP contribution in [-0.2, 0) is 0 Å². The fourth-order valence-corrected chi connectivity index (χ4v) is 2.50. The maximum atomic E-state index is 12.0. The number of hydrogen-bond donors (Lipinski definition) is 3. The molecule has 1 aromatic heterocycles. The molecular formula is C13H23N5O2. The Hall–Kier alpha value is -1.47. The first-order valence-corrected chi connectivity index (χ1v) is 7.17. The van der Waals surface area contributed by atoms with Crippen LogP contribution in [0.4, 0.5) is 0 Å². The normalized spacial score (nSPS) is 19.6. The van der Waals surface area contributed by atoms with Gasteiger partial charge in [0.1, 0.15) is 0 Å². The molecule has 1 saturated heterocycles. The number of carbonyl (C=O) groups is 1. The maximum Gasteiger partial charge on any atom is 0.273 e. The molecule has 0 radical (unpaired) electrons. The Bertz CT molecular complexity index is 440. The van der Waals surface area contributed by atoms with Crippen LogP contribution in [-0.4, -0.2) is 51.2 Å². The van der Waals surface area contributed by atoms with Crippen LogP contribution in [0.2, 0.25) is 0 Å². The summed E-state index contributed by atoms with van der Waals surface area (Å²) < 4.78 is 1.79. The molecule has 3 N–H and O–H groups in total. The van der Waals surface area contributed by atoms with Gasteiger partial charge in [0.05, 0.1) is 18.3 Å². The van der Waals surface area contributed by atoms with Crippen molar-refractivity contribution in [3.63, 3.8) is 0 Å². The van der Waals surface area contributed by atoms with E-state index < -0.39 is 6.10 Å². The van der Waals surface area contributed by atoms with Gasteiger partial charge in [0, 0.05) is 6.04 Å². The number of aromatic nitrogens is 3. The van der Waals surface area contributed by atoms with Crippen LogP contribution >= 0.6 is 0 Å². The van der Waals surface area contributed by atoms with Crippen molar-refractivity contribution >= 4 is 5.91 Å². The molecule has 20 heavy (non-hydrogen) atoms. The fraction of sp³-hybridized carbons (Fsp3) is 0.769. The van der Waals surface area contributed by atoms with E-state index in [-0.39, 0.29) is 11.9 Å². The van der Waals surface area contributed by atoms with Crippen LogP contribution in [0.15, 0.2) is 6.20 Å². The van der Waals surface area contributed by atoms with E-state index in [0.29, 0.717) is 18.2 Å². The number of aliphatic hydroxyl groups is 1. The largest absolute Gasteiger partial charge is 0.393 e. The van der Waals surface area contributed by atoms with E-state index in [1.807, 2.05) is 6.92 Å². The van der Waals surface area contributed by atoms with E-state index >= 15 is 0 Å². The van der Waals surface area contributed by atoms with Gasteiger partial charge in [-0.3, -0.25) is 4.79 Å². The highest BCUT2D eigenvalue weighted by Crippen LogP contribution is 2.17. The first-order chi connectivity index (χ1) is 9.56. The highest BCUT2D eigenvalue weighted by molar-refractivity contribution is 5.92. The molecule has 2 atom stereocenters. The van der Waals surface area contributed by atoms with E-state index in [1.165, 1.54) is 0 Å². The number of piperidine rings is 1. The van der Waals surface area contributed by atoms with Crippen molar-refractivity contribution in [1.29, 1.82) is 0 Å². The van der Waals surface area contributed by atoms with Gasteiger partial charge >= 0.3 is 0 Å². The summed E-state index contributed by atoms with van der Waals surface area (Å²) in [6, 6.07) is 0.228. The number of aliphatic hydroxyl groups excluding tert-OH is 1. The molecule has 0 bridgehead atoms. The lowest BCUT2D eigenvalue weighted by Crippen LogP contribution is -2.34. The second-order valence-electron chi connectivity index (χ2n) is 5.52. The topological polar surface area (TPSA) is 92.1 Å². The highest BCUT2D eigenvalue weighted by atomic mass is 16.3. The van der Waals surface area contributed by atoms with Gasteiger partial charge in [0.2, 0.25) is 0 Å². The molecule has 1 aliphatic heterocycles. The first kappa shape index (κ1) is 14.9. The van der Waals surface area contributed by atoms with Crippen molar-refractivity contribution in [1.82, 2.24) is 25.6 Å². The highest BCUT2D eigenvalue weighted by Gasteiger charge is 2.19. The van der Waals surface area contributed by atoms with Gasteiger partial charge in [-0.2, -0.15) is 0 Å². The minimum Gasteiger partial charge on any atom is -0.393 e. The van der Waals surface area contributed by atoms with Crippen LogP contribution < -0.4 is 10.6 Å². The molecule has 2 unspecified atom stereocenters. The molecule has 2 heterocycles. The Kier molecular flexibility index (Phi) is 5.08. The quantitative estimate of drug-likeness (QED) is 0.711. The molecular weight excluding hydrogens is 258 g/mol. The number of nitrogens with one attached hydrogen (secondary N) is 2. The Morgan fingerprint density at radius 1 is 1.55 bits per heavy atom. The summed E-state index contributed by atoms with van der Waals surface area (Å²) in [6.45, 7) is 5.51. The van der Waals surface area contributed by atoms with E-state index in [0.717, 1.165) is 25.9 Å². The van der Waals surface area contributed by atoms with Crippen molar-refractivity contribution in [2.24, 2.45) is 0 Å². The van der Waals surface area contributed by atoms with E-state index in [1.54, 1.807) is 17.8 Å². The number of nitrogens with zero attached hydrogens (tertiary/aromatic N) is 3. The summed E-state index contributed by atoms with van der Waals surface area (Å²) in [4.78, 5) is 12.0. The maximum absolute atomic E-state index is 12.0. The predicted octanol–water partition coefficient (Wildman–Crippen LogP) is 0.0918. The Labute approximate surface area is 118 Å². The SMILES string of the molecule is CC(O)CC(C)NC(=O)c1cn(C2CCNCC2)nn1.